The minimum Gasteiger partial charge on any atom is -0.315 e. The number of nitrogens with one attached hydrogen (secondary N) is 1. The molecule has 1 fully saturated rings. The molecule has 0 aliphatic carbocycles. The lowest BCUT2D eigenvalue weighted by Crippen LogP contribution is -2.37. The molecule has 2 rings (SSSR count). The third kappa shape index (κ3) is 3.22. The number of hydrogen-bond donors (Lipinski definition) is 1. The third-order valence-electron chi connectivity index (χ3n) is 3.32. The summed E-state index contributed by atoms with van der Waals surface area (Å²) in [6.45, 7) is 3.15. The second-order valence-corrected chi connectivity index (χ2v) is 5.90. The molecule has 2 unspecified atom stereocenters. The summed E-state index contributed by atoms with van der Waals surface area (Å²) in [5.41, 5.74) is 0. The molecule has 4 nitrogen and oxygen atoms in total. The fraction of sp³-hybridized carbons (Fsp3) is 0.833. The number of aryl methyl sites for hydroxylation is 1. The summed E-state index contributed by atoms with van der Waals surface area (Å²) < 4.78 is 2.05. The van der Waals surface area contributed by atoms with Crippen molar-refractivity contribution in [2.75, 3.05) is 12.8 Å². The van der Waals surface area contributed by atoms with Gasteiger partial charge >= 0.3 is 0 Å². The Balaban J connectivity index is 1.99. The molecule has 0 spiro atoms. The zero-order valence-corrected chi connectivity index (χ0v) is 11.5. The van der Waals surface area contributed by atoms with Crippen molar-refractivity contribution < 1.29 is 0 Å². The predicted molar refractivity (Wildman–Crippen MR) is 72.3 cm³/mol. The highest BCUT2D eigenvalue weighted by molar-refractivity contribution is 8.00. The Morgan fingerprint density at radius 2 is 2.53 bits per heavy atom. The molecule has 1 aliphatic heterocycles. The van der Waals surface area contributed by atoms with Gasteiger partial charge in [0.15, 0.2) is 0 Å². The molecule has 1 aromatic rings. The monoisotopic (exact) mass is 254 g/mol. The van der Waals surface area contributed by atoms with E-state index in [4.69, 9.17) is 0 Å². The minimum atomic E-state index is 0.530. The van der Waals surface area contributed by atoms with Crippen molar-refractivity contribution in [2.45, 2.75) is 50.4 Å². The van der Waals surface area contributed by atoms with Gasteiger partial charge in [-0.3, -0.25) is 4.68 Å². The van der Waals surface area contributed by atoms with Crippen LogP contribution in [0.15, 0.2) is 6.33 Å². The first-order chi connectivity index (χ1) is 8.35. The Morgan fingerprint density at radius 1 is 1.65 bits per heavy atom. The average molecular weight is 254 g/mol. The van der Waals surface area contributed by atoms with Crippen LogP contribution in [0.1, 0.15) is 32.0 Å². The summed E-state index contributed by atoms with van der Waals surface area (Å²) in [6.07, 6.45) is 6.47. The first-order valence-electron chi connectivity index (χ1n) is 6.50. The third-order valence-corrected chi connectivity index (χ3v) is 4.83. The van der Waals surface area contributed by atoms with Crippen molar-refractivity contribution in [3.05, 3.63) is 12.2 Å². The summed E-state index contributed by atoms with van der Waals surface area (Å²) in [4.78, 5) is 4.40. The smallest absolute Gasteiger partial charge is 0.138 e. The van der Waals surface area contributed by atoms with E-state index in [9.17, 15) is 0 Å². The van der Waals surface area contributed by atoms with Crippen molar-refractivity contribution >= 4 is 11.8 Å². The van der Waals surface area contributed by atoms with Crippen LogP contribution in [-0.4, -0.2) is 38.9 Å². The van der Waals surface area contributed by atoms with Gasteiger partial charge in [0.05, 0.1) is 0 Å². The summed E-state index contributed by atoms with van der Waals surface area (Å²) in [5.74, 6) is 2.43. The van der Waals surface area contributed by atoms with E-state index in [-0.39, 0.29) is 0 Å². The lowest BCUT2D eigenvalue weighted by Gasteiger charge is -2.21. The van der Waals surface area contributed by atoms with E-state index >= 15 is 0 Å². The Labute approximate surface area is 108 Å². The van der Waals surface area contributed by atoms with Crippen LogP contribution in [0.2, 0.25) is 0 Å². The summed E-state index contributed by atoms with van der Waals surface area (Å²) in [7, 11) is 2.06. The van der Waals surface area contributed by atoms with Gasteiger partial charge in [0.25, 0.3) is 0 Å². The maximum Gasteiger partial charge on any atom is 0.138 e. The lowest BCUT2D eigenvalue weighted by molar-refractivity contribution is 0.484. The maximum atomic E-state index is 4.40. The number of thioether (sulfide) groups is 1. The van der Waals surface area contributed by atoms with Gasteiger partial charge in [0.2, 0.25) is 0 Å². The van der Waals surface area contributed by atoms with Crippen molar-refractivity contribution in [1.29, 1.82) is 0 Å². The molecule has 0 radical (unpaired) electrons. The molecule has 0 bridgehead atoms. The maximum absolute atomic E-state index is 4.40. The quantitative estimate of drug-likeness (QED) is 0.839. The Morgan fingerprint density at radius 3 is 3.18 bits per heavy atom. The van der Waals surface area contributed by atoms with Crippen LogP contribution < -0.4 is 5.32 Å². The highest BCUT2D eigenvalue weighted by Gasteiger charge is 2.25. The van der Waals surface area contributed by atoms with E-state index < -0.39 is 0 Å². The van der Waals surface area contributed by atoms with Gasteiger partial charge < -0.3 is 5.32 Å². The van der Waals surface area contributed by atoms with Crippen molar-refractivity contribution in [3.8, 4) is 0 Å². The first-order valence-corrected chi connectivity index (χ1v) is 7.55. The molecular formula is C12H22N4S. The van der Waals surface area contributed by atoms with E-state index in [2.05, 4.69) is 41.1 Å². The van der Waals surface area contributed by atoms with Crippen LogP contribution in [0.5, 0.6) is 0 Å². The van der Waals surface area contributed by atoms with Crippen LogP contribution in [-0.2, 0) is 13.0 Å². The van der Waals surface area contributed by atoms with Crippen LogP contribution in [0, 0.1) is 0 Å². The summed E-state index contributed by atoms with van der Waals surface area (Å²) in [5, 5.41) is 8.48. The van der Waals surface area contributed by atoms with Gasteiger partial charge in [-0.15, -0.1) is 0 Å². The number of nitrogens with zero attached hydrogens (tertiary/aromatic N) is 3. The van der Waals surface area contributed by atoms with E-state index in [0.29, 0.717) is 6.04 Å². The number of likely N-dealkylation sites (N-methyl/N-ethyl adjacent to an activating group) is 1. The van der Waals surface area contributed by atoms with Gasteiger partial charge in [-0.05, 0) is 32.1 Å². The first kappa shape index (κ1) is 12.9. The molecule has 1 N–H and O–H groups in total. The summed E-state index contributed by atoms with van der Waals surface area (Å²) in [6, 6.07) is 0.530. The molecule has 5 heteroatoms. The van der Waals surface area contributed by atoms with Gasteiger partial charge in [0, 0.05) is 24.3 Å². The van der Waals surface area contributed by atoms with Gasteiger partial charge in [-0.25, -0.2) is 4.98 Å². The zero-order chi connectivity index (χ0) is 12.1. The van der Waals surface area contributed by atoms with Crippen LogP contribution in [0.4, 0.5) is 0 Å². The molecule has 17 heavy (non-hydrogen) atoms. The largest absolute Gasteiger partial charge is 0.315 e. The molecule has 0 saturated carbocycles. The molecular weight excluding hydrogens is 232 g/mol. The molecule has 1 saturated heterocycles. The van der Waals surface area contributed by atoms with E-state index in [1.54, 1.807) is 6.33 Å². The van der Waals surface area contributed by atoms with Gasteiger partial charge in [-0.1, -0.05) is 6.92 Å². The minimum absolute atomic E-state index is 0.530. The number of hydrogen-bond acceptors (Lipinski definition) is 4. The van der Waals surface area contributed by atoms with Gasteiger partial charge in [0.1, 0.15) is 12.2 Å². The fourth-order valence-electron chi connectivity index (χ4n) is 2.38. The molecule has 0 aromatic carbocycles. The Hall–Kier alpha value is -0.550. The molecule has 1 aliphatic rings. The number of rotatable bonds is 6. The topological polar surface area (TPSA) is 42.7 Å². The Bertz CT molecular complexity index is 333. The van der Waals surface area contributed by atoms with Gasteiger partial charge in [-0.2, -0.15) is 16.9 Å². The van der Waals surface area contributed by atoms with Crippen LogP contribution in [0.25, 0.3) is 0 Å². The highest BCUT2D eigenvalue weighted by atomic mass is 32.2. The molecule has 1 aromatic heterocycles. The Kier molecular flexibility index (Phi) is 4.86. The molecule has 2 atom stereocenters. The normalized spacial score (nSPS) is 21.9. The lowest BCUT2D eigenvalue weighted by atomic mass is 10.1. The second-order valence-electron chi connectivity index (χ2n) is 4.55. The zero-order valence-electron chi connectivity index (χ0n) is 10.7. The highest BCUT2D eigenvalue weighted by Crippen LogP contribution is 2.29. The van der Waals surface area contributed by atoms with Crippen molar-refractivity contribution in [1.82, 2.24) is 20.1 Å². The van der Waals surface area contributed by atoms with E-state index in [1.165, 1.54) is 18.6 Å². The van der Waals surface area contributed by atoms with Crippen molar-refractivity contribution in [3.63, 3.8) is 0 Å². The predicted octanol–water partition coefficient (Wildman–Crippen LogP) is 1.71. The molecule has 0 amide bonds. The van der Waals surface area contributed by atoms with E-state index in [0.717, 1.165) is 30.5 Å². The summed E-state index contributed by atoms with van der Waals surface area (Å²) >= 11 is 2.10. The SMILES string of the molecule is CCCn1ncnc1CC(NC)C1CCCS1. The van der Waals surface area contributed by atoms with Crippen LogP contribution in [0.3, 0.4) is 0 Å². The average Bonchev–Trinajstić information content (AvgIpc) is 2.97. The number of aromatic nitrogens is 3. The second kappa shape index (κ2) is 6.40. The van der Waals surface area contributed by atoms with E-state index in [1.807, 2.05) is 4.68 Å². The van der Waals surface area contributed by atoms with Crippen LogP contribution >= 0.6 is 11.8 Å². The molecule has 2 heterocycles. The van der Waals surface area contributed by atoms with Crippen molar-refractivity contribution in [2.24, 2.45) is 0 Å². The standard InChI is InChI=1S/C12H22N4S/c1-3-6-16-12(14-9-15-16)8-10(13-2)11-5-4-7-17-11/h9-11,13H,3-8H2,1-2H3. The fourth-order valence-corrected chi connectivity index (χ4v) is 3.81. The molecule has 96 valence electrons.